The Morgan fingerprint density at radius 3 is 2.38 bits per heavy atom. The third kappa shape index (κ3) is 3.13. The summed E-state index contributed by atoms with van der Waals surface area (Å²) in [7, 11) is 0. The zero-order valence-corrected chi connectivity index (χ0v) is 15.4. The number of nitrogens with one attached hydrogen (secondary N) is 1. The van der Waals surface area contributed by atoms with Crippen LogP contribution in [0.25, 0.3) is 0 Å². The Hall–Kier alpha value is -1.30. The maximum Gasteiger partial charge on any atom is 0.330 e. The van der Waals surface area contributed by atoms with Crippen molar-refractivity contribution in [1.82, 2.24) is 5.32 Å². The van der Waals surface area contributed by atoms with Crippen molar-refractivity contribution < 1.29 is 19.4 Å². The summed E-state index contributed by atoms with van der Waals surface area (Å²) in [6.45, 7) is 5.92. The van der Waals surface area contributed by atoms with Crippen LogP contribution in [0, 0.1) is 5.41 Å². The molecule has 0 saturated heterocycles. The Morgan fingerprint density at radius 2 is 1.92 bits per heavy atom. The molecule has 0 aliphatic heterocycles. The Morgan fingerprint density at radius 1 is 1.33 bits per heavy atom. The number of rotatable bonds is 6. The van der Waals surface area contributed by atoms with Gasteiger partial charge in [0, 0.05) is 28.5 Å². The van der Waals surface area contributed by atoms with Gasteiger partial charge in [0.15, 0.2) is 0 Å². The lowest BCUT2D eigenvalue weighted by atomic mass is 9.54. The van der Waals surface area contributed by atoms with Gasteiger partial charge in [0.2, 0.25) is 5.91 Å². The average molecular weight is 374 g/mol. The molecular weight excluding hydrogens is 353 g/mol. The summed E-state index contributed by atoms with van der Waals surface area (Å²) in [5.74, 6) is -1.50. The first-order chi connectivity index (χ1) is 11.2. The fraction of sp³-hybridized carbons (Fsp3) is 0.529. The van der Waals surface area contributed by atoms with Crippen LogP contribution in [0.3, 0.4) is 0 Å². The second-order valence-corrected chi connectivity index (χ2v) is 7.32. The molecule has 132 valence electrons. The molecule has 5 nitrogen and oxygen atoms in total. The van der Waals surface area contributed by atoms with Gasteiger partial charge in [-0.25, -0.2) is 4.79 Å². The minimum absolute atomic E-state index is 0.0804. The average Bonchev–Trinajstić information content (AvgIpc) is 2.49. The molecule has 1 fully saturated rings. The number of carbonyl (C=O) groups excluding carboxylic acids is 1. The van der Waals surface area contributed by atoms with E-state index < -0.39 is 22.8 Å². The monoisotopic (exact) mass is 373 g/mol. The first-order valence-electron chi connectivity index (χ1n) is 7.74. The van der Waals surface area contributed by atoms with Crippen molar-refractivity contribution in [2.75, 3.05) is 6.61 Å². The van der Waals surface area contributed by atoms with E-state index in [2.05, 4.69) is 5.32 Å². The van der Waals surface area contributed by atoms with E-state index in [-0.39, 0.29) is 18.9 Å². The lowest BCUT2D eigenvalue weighted by Crippen LogP contribution is -2.76. The SMILES string of the molecule is CCOC1CC(NC(=O)Cc2c(Cl)cccc2Cl)(C(=O)O)C1(C)C. The molecule has 2 atom stereocenters. The van der Waals surface area contributed by atoms with Gasteiger partial charge in [-0.15, -0.1) is 0 Å². The van der Waals surface area contributed by atoms with E-state index in [1.165, 1.54) is 0 Å². The molecule has 7 heteroatoms. The van der Waals surface area contributed by atoms with Crippen molar-refractivity contribution in [1.29, 1.82) is 0 Å². The van der Waals surface area contributed by atoms with E-state index in [4.69, 9.17) is 27.9 Å². The topological polar surface area (TPSA) is 75.6 Å². The van der Waals surface area contributed by atoms with E-state index in [0.717, 1.165) is 0 Å². The quantitative estimate of drug-likeness (QED) is 0.801. The molecule has 0 bridgehead atoms. The number of carbonyl (C=O) groups is 2. The van der Waals surface area contributed by atoms with Crippen molar-refractivity contribution in [3.63, 3.8) is 0 Å². The number of hydrogen-bond donors (Lipinski definition) is 2. The first-order valence-corrected chi connectivity index (χ1v) is 8.50. The number of carboxylic acids is 1. The number of benzene rings is 1. The molecule has 2 unspecified atom stereocenters. The number of amides is 1. The maximum absolute atomic E-state index is 12.4. The largest absolute Gasteiger partial charge is 0.479 e. The number of ether oxygens (including phenoxy) is 1. The minimum Gasteiger partial charge on any atom is -0.479 e. The molecular formula is C17H21Cl2NO4. The number of carboxylic acid groups (broad SMARTS) is 1. The number of hydrogen-bond acceptors (Lipinski definition) is 3. The number of aliphatic carboxylic acids is 1. The lowest BCUT2D eigenvalue weighted by molar-refractivity contribution is -0.194. The van der Waals surface area contributed by atoms with Crippen molar-refractivity contribution in [3.05, 3.63) is 33.8 Å². The third-order valence-electron chi connectivity index (χ3n) is 4.88. The van der Waals surface area contributed by atoms with Crippen molar-refractivity contribution in [3.8, 4) is 0 Å². The van der Waals surface area contributed by atoms with Gasteiger partial charge in [0.05, 0.1) is 12.5 Å². The molecule has 1 amide bonds. The maximum atomic E-state index is 12.4. The molecule has 1 saturated carbocycles. The van der Waals surface area contributed by atoms with E-state index in [9.17, 15) is 14.7 Å². The van der Waals surface area contributed by atoms with Crippen LogP contribution >= 0.6 is 23.2 Å². The zero-order valence-electron chi connectivity index (χ0n) is 13.9. The van der Waals surface area contributed by atoms with Gasteiger partial charge in [-0.05, 0) is 24.6 Å². The summed E-state index contributed by atoms with van der Waals surface area (Å²) in [6, 6.07) is 4.97. The van der Waals surface area contributed by atoms with E-state index in [1.54, 1.807) is 32.0 Å². The highest BCUT2D eigenvalue weighted by atomic mass is 35.5. The minimum atomic E-state index is -1.36. The Balaban J connectivity index is 2.18. The van der Waals surface area contributed by atoms with Crippen LogP contribution in [0.1, 0.15) is 32.8 Å². The fourth-order valence-electron chi connectivity index (χ4n) is 3.18. The highest BCUT2D eigenvalue weighted by Crippen LogP contribution is 2.51. The molecule has 2 rings (SSSR count). The smallest absolute Gasteiger partial charge is 0.330 e. The molecule has 1 aromatic carbocycles. The molecule has 1 aliphatic rings. The fourth-order valence-corrected chi connectivity index (χ4v) is 3.71. The predicted octanol–water partition coefficient (Wildman–Crippen LogP) is 3.31. The van der Waals surface area contributed by atoms with Crippen LogP contribution in [0.2, 0.25) is 10.0 Å². The highest BCUT2D eigenvalue weighted by molar-refractivity contribution is 6.36. The van der Waals surface area contributed by atoms with Gasteiger partial charge in [0.25, 0.3) is 0 Å². The molecule has 1 aromatic rings. The molecule has 1 aliphatic carbocycles. The summed E-state index contributed by atoms with van der Waals surface area (Å²) in [5.41, 5.74) is -1.61. The van der Waals surface area contributed by atoms with Gasteiger partial charge >= 0.3 is 5.97 Å². The van der Waals surface area contributed by atoms with E-state index in [1.807, 2.05) is 6.92 Å². The number of halogens is 2. The first kappa shape index (κ1) is 19.0. The summed E-state index contributed by atoms with van der Waals surface area (Å²) < 4.78 is 5.58. The summed E-state index contributed by atoms with van der Waals surface area (Å²) in [6.07, 6.45) is -0.0727. The van der Waals surface area contributed by atoms with E-state index >= 15 is 0 Å². The van der Waals surface area contributed by atoms with Crippen molar-refractivity contribution >= 4 is 35.1 Å². The highest BCUT2D eigenvalue weighted by Gasteiger charge is 2.66. The summed E-state index contributed by atoms with van der Waals surface area (Å²) in [4.78, 5) is 24.3. The standard InChI is InChI=1S/C17H21Cl2NO4/c1-4-24-13-9-17(15(22)23,16(13,2)3)20-14(21)8-10-11(18)6-5-7-12(10)19/h5-7,13H,4,8-9H2,1-3H3,(H,20,21)(H,22,23). The van der Waals surface area contributed by atoms with Crippen LogP contribution in [0.15, 0.2) is 18.2 Å². The Bertz CT molecular complexity index is 642. The van der Waals surface area contributed by atoms with Crippen LogP contribution in [-0.2, 0) is 20.7 Å². The molecule has 0 aromatic heterocycles. The van der Waals surface area contributed by atoms with Gasteiger partial charge < -0.3 is 15.2 Å². The van der Waals surface area contributed by atoms with Gasteiger partial charge in [-0.1, -0.05) is 43.1 Å². The van der Waals surface area contributed by atoms with Crippen LogP contribution < -0.4 is 5.32 Å². The normalized spacial score (nSPS) is 25.0. The van der Waals surface area contributed by atoms with Crippen LogP contribution in [0.5, 0.6) is 0 Å². The predicted molar refractivity (Wildman–Crippen MR) is 92.5 cm³/mol. The van der Waals surface area contributed by atoms with Crippen molar-refractivity contribution in [2.45, 2.75) is 45.3 Å². The molecule has 2 N–H and O–H groups in total. The third-order valence-corrected chi connectivity index (χ3v) is 5.59. The Kier molecular flexibility index (Phi) is 5.47. The van der Waals surface area contributed by atoms with Gasteiger partial charge in [0.1, 0.15) is 5.54 Å². The molecule has 0 spiro atoms. The van der Waals surface area contributed by atoms with Gasteiger partial charge in [-0.2, -0.15) is 0 Å². The molecule has 0 heterocycles. The zero-order chi connectivity index (χ0) is 18.1. The summed E-state index contributed by atoms with van der Waals surface area (Å²) >= 11 is 12.1. The van der Waals surface area contributed by atoms with E-state index in [0.29, 0.717) is 22.2 Å². The molecule has 0 radical (unpaired) electrons. The molecule has 24 heavy (non-hydrogen) atoms. The second-order valence-electron chi connectivity index (χ2n) is 6.51. The Labute approximate surface area is 151 Å². The lowest BCUT2D eigenvalue weighted by Gasteiger charge is -2.58. The summed E-state index contributed by atoms with van der Waals surface area (Å²) in [5, 5.41) is 13.1. The second kappa shape index (κ2) is 6.90. The van der Waals surface area contributed by atoms with Crippen molar-refractivity contribution in [2.24, 2.45) is 5.41 Å². The van der Waals surface area contributed by atoms with Crippen LogP contribution in [0.4, 0.5) is 0 Å². The van der Waals surface area contributed by atoms with Crippen LogP contribution in [-0.4, -0.2) is 35.2 Å². The van der Waals surface area contributed by atoms with Gasteiger partial charge in [-0.3, -0.25) is 4.79 Å².